The maximum Gasteiger partial charge on any atom is 0.335 e. The smallest absolute Gasteiger partial charge is 0.335 e. The molecule has 3 aromatic rings. The zero-order chi connectivity index (χ0) is 22.3. The van der Waals surface area contributed by atoms with Gasteiger partial charge in [0.25, 0.3) is 0 Å². The summed E-state index contributed by atoms with van der Waals surface area (Å²) in [7, 11) is 1.52. The van der Waals surface area contributed by atoms with Crippen molar-refractivity contribution in [3.8, 4) is 16.9 Å². The fraction of sp³-hybridized carbons (Fsp3) is 0.269. The van der Waals surface area contributed by atoms with Crippen LogP contribution in [0.2, 0.25) is 0 Å². The summed E-state index contributed by atoms with van der Waals surface area (Å²) in [4.78, 5) is 20.4. The standard InChI is InChI=1S/C26H26N2O4/c1-3-31-26(29)25(30-2)15-18-6-8-19(9-7-18)32-14-4-5-20-21-10-12-27-16-23(21)24-17-28-13-11-22(20)24/h5-13,16-17,25H,3-4,14-15H2,1-2H3. The quantitative estimate of drug-likeness (QED) is 0.288. The normalized spacial score (nSPS) is 12.6. The highest BCUT2D eigenvalue weighted by atomic mass is 16.6. The molecule has 0 radical (unpaired) electrons. The lowest BCUT2D eigenvalue weighted by Crippen LogP contribution is -2.27. The Kier molecular flexibility index (Phi) is 6.92. The molecule has 1 atom stereocenters. The highest BCUT2D eigenvalue weighted by molar-refractivity contribution is 6.00. The zero-order valence-electron chi connectivity index (χ0n) is 18.3. The number of aromatic nitrogens is 2. The second-order valence-electron chi connectivity index (χ2n) is 7.42. The molecule has 6 heteroatoms. The first-order chi connectivity index (χ1) is 15.7. The number of rotatable bonds is 9. The lowest BCUT2D eigenvalue weighted by molar-refractivity contribution is -0.154. The molecule has 0 aliphatic heterocycles. The lowest BCUT2D eigenvalue weighted by atomic mass is 10.0. The summed E-state index contributed by atoms with van der Waals surface area (Å²) < 4.78 is 16.2. The number of nitrogens with zero attached hydrogens (tertiary/aromatic N) is 2. The molecule has 4 rings (SSSR count). The molecule has 0 saturated carbocycles. The molecule has 0 saturated heterocycles. The van der Waals surface area contributed by atoms with Crippen molar-refractivity contribution in [1.82, 2.24) is 9.97 Å². The molecule has 0 spiro atoms. The van der Waals surface area contributed by atoms with E-state index >= 15 is 0 Å². The minimum Gasteiger partial charge on any atom is -0.493 e. The van der Waals surface area contributed by atoms with Crippen LogP contribution in [0.4, 0.5) is 0 Å². The first-order valence-corrected chi connectivity index (χ1v) is 10.7. The third-order valence-corrected chi connectivity index (χ3v) is 5.43. The summed E-state index contributed by atoms with van der Waals surface area (Å²) in [5.41, 5.74) is 6.79. The van der Waals surface area contributed by atoms with Crippen LogP contribution in [0.3, 0.4) is 0 Å². The first-order valence-electron chi connectivity index (χ1n) is 10.7. The van der Waals surface area contributed by atoms with E-state index in [4.69, 9.17) is 14.2 Å². The van der Waals surface area contributed by atoms with Gasteiger partial charge in [0, 0.05) is 55.9 Å². The summed E-state index contributed by atoms with van der Waals surface area (Å²) in [6, 6.07) is 11.8. The predicted molar refractivity (Wildman–Crippen MR) is 122 cm³/mol. The molecule has 164 valence electrons. The number of ether oxygens (including phenoxy) is 3. The SMILES string of the molecule is CCOC(=O)C(Cc1ccc(OCCC=C2c3ccncc3-c3cnccc32)cc1)OC. The molecule has 1 aliphatic carbocycles. The average Bonchev–Trinajstić information content (AvgIpc) is 3.15. The van der Waals surface area contributed by atoms with E-state index in [9.17, 15) is 4.79 Å². The van der Waals surface area contributed by atoms with Crippen LogP contribution in [-0.4, -0.2) is 42.4 Å². The Morgan fingerprint density at radius 1 is 0.969 bits per heavy atom. The van der Waals surface area contributed by atoms with Gasteiger partial charge in [-0.2, -0.15) is 0 Å². The number of benzene rings is 1. The van der Waals surface area contributed by atoms with Crippen LogP contribution in [0.15, 0.2) is 67.3 Å². The topological polar surface area (TPSA) is 70.5 Å². The Morgan fingerprint density at radius 3 is 2.22 bits per heavy atom. The number of carbonyl (C=O) groups is 1. The Balaban J connectivity index is 1.35. The monoisotopic (exact) mass is 430 g/mol. The van der Waals surface area contributed by atoms with E-state index in [1.54, 1.807) is 6.92 Å². The second-order valence-corrected chi connectivity index (χ2v) is 7.42. The van der Waals surface area contributed by atoms with Gasteiger partial charge in [-0.3, -0.25) is 9.97 Å². The molecular weight excluding hydrogens is 404 g/mol. The van der Waals surface area contributed by atoms with Gasteiger partial charge < -0.3 is 14.2 Å². The largest absolute Gasteiger partial charge is 0.493 e. The van der Waals surface area contributed by atoms with E-state index in [2.05, 4.69) is 16.0 Å². The van der Waals surface area contributed by atoms with Gasteiger partial charge >= 0.3 is 5.97 Å². The van der Waals surface area contributed by atoms with Gasteiger partial charge in [0.15, 0.2) is 6.10 Å². The molecule has 0 bridgehead atoms. The predicted octanol–water partition coefficient (Wildman–Crippen LogP) is 4.48. The van der Waals surface area contributed by atoms with Crippen LogP contribution in [0.5, 0.6) is 5.75 Å². The van der Waals surface area contributed by atoms with Gasteiger partial charge in [0.2, 0.25) is 0 Å². The minimum atomic E-state index is -0.601. The molecule has 6 nitrogen and oxygen atoms in total. The number of methoxy groups -OCH3 is 1. The number of hydrogen-bond donors (Lipinski definition) is 0. The highest BCUT2D eigenvalue weighted by Gasteiger charge is 2.23. The number of fused-ring (bicyclic) bond motifs is 3. The van der Waals surface area contributed by atoms with E-state index < -0.39 is 6.10 Å². The van der Waals surface area contributed by atoms with Crippen LogP contribution in [-0.2, 0) is 20.7 Å². The Morgan fingerprint density at radius 2 is 1.62 bits per heavy atom. The fourth-order valence-corrected chi connectivity index (χ4v) is 3.87. The van der Waals surface area contributed by atoms with Crippen LogP contribution in [0, 0.1) is 0 Å². The van der Waals surface area contributed by atoms with Crippen LogP contribution < -0.4 is 4.74 Å². The van der Waals surface area contributed by atoms with E-state index in [0.29, 0.717) is 19.6 Å². The van der Waals surface area contributed by atoms with E-state index in [0.717, 1.165) is 28.9 Å². The maximum atomic E-state index is 11.9. The lowest BCUT2D eigenvalue weighted by Gasteiger charge is -2.14. The molecule has 1 unspecified atom stereocenters. The van der Waals surface area contributed by atoms with Crippen molar-refractivity contribution in [1.29, 1.82) is 0 Å². The van der Waals surface area contributed by atoms with Gasteiger partial charge in [0.05, 0.1) is 13.2 Å². The second kappa shape index (κ2) is 10.2. The summed E-state index contributed by atoms with van der Waals surface area (Å²) in [6.45, 7) is 2.69. The van der Waals surface area contributed by atoms with Crippen molar-refractivity contribution in [3.05, 3.63) is 84.0 Å². The van der Waals surface area contributed by atoms with Gasteiger partial charge in [0.1, 0.15) is 5.75 Å². The Hall–Kier alpha value is -3.51. The number of carbonyl (C=O) groups excluding carboxylic acids is 1. The molecule has 2 heterocycles. The number of pyridine rings is 2. The highest BCUT2D eigenvalue weighted by Crippen LogP contribution is 2.43. The van der Waals surface area contributed by atoms with Gasteiger partial charge in [-0.05, 0) is 53.5 Å². The van der Waals surface area contributed by atoms with Crippen LogP contribution >= 0.6 is 0 Å². The first kappa shape index (κ1) is 21.7. The van der Waals surface area contributed by atoms with E-state index in [1.165, 1.54) is 23.8 Å². The molecular formula is C26H26N2O4. The summed E-state index contributed by atoms with van der Waals surface area (Å²) in [5, 5.41) is 0. The van der Waals surface area contributed by atoms with Crippen molar-refractivity contribution in [2.45, 2.75) is 25.9 Å². The molecule has 2 aromatic heterocycles. The minimum absolute atomic E-state index is 0.340. The van der Waals surface area contributed by atoms with Gasteiger partial charge in [-0.15, -0.1) is 0 Å². The van der Waals surface area contributed by atoms with Crippen molar-refractivity contribution in [2.75, 3.05) is 20.3 Å². The maximum absolute atomic E-state index is 11.9. The van der Waals surface area contributed by atoms with Gasteiger partial charge in [-0.25, -0.2) is 4.79 Å². The van der Waals surface area contributed by atoms with Crippen molar-refractivity contribution in [2.24, 2.45) is 0 Å². The van der Waals surface area contributed by atoms with Gasteiger partial charge in [-0.1, -0.05) is 18.2 Å². The van der Waals surface area contributed by atoms with Crippen molar-refractivity contribution >= 4 is 11.5 Å². The average molecular weight is 431 g/mol. The number of esters is 1. The molecule has 0 amide bonds. The molecule has 0 fully saturated rings. The molecule has 1 aliphatic rings. The Labute approximate surface area is 187 Å². The van der Waals surface area contributed by atoms with Crippen LogP contribution in [0.1, 0.15) is 30.0 Å². The molecule has 1 aromatic carbocycles. The fourth-order valence-electron chi connectivity index (χ4n) is 3.87. The third kappa shape index (κ3) is 4.70. The van der Waals surface area contributed by atoms with E-state index in [1.807, 2.05) is 61.2 Å². The van der Waals surface area contributed by atoms with Crippen molar-refractivity contribution < 1.29 is 19.0 Å². The van der Waals surface area contributed by atoms with E-state index in [-0.39, 0.29) is 5.97 Å². The summed E-state index contributed by atoms with van der Waals surface area (Å²) in [6.07, 6.45) is 10.3. The van der Waals surface area contributed by atoms with Crippen LogP contribution in [0.25, 0.3) is 16.7 Å². The number of hydrogen-bond acceptors (Lipinski definition) is 6. The zero-order valence-corrected chi connectivity index (χ0v) is 18.3. The van der Waals surface area contributed by atoms with Crippen molar-refractivity contribution in [3.63, 3.8) is 0 Å². The third-order valence-electron chi connectivity index (χ3n) is 5.43. The summed E-state index contributed by atoms with van der Waals surface area (Å²) >= 11 is 0. The molecule has 32 heavy (non-hydrogen) atoms. The molecule has 0 N–H and O–H groups in total. The summed E-state index contributed by atoms with van der Waals surface area (Å²) in [5.74, 6) is 0.447. The Bertz CT molecular complexity index is 1060.